The summed E-state index contributed by atoms with van der Waals surface area (Å²) in [7, 11) is 0. The van der Waals surface area contributed by atoms with Gasteiger partial charge in [0.1, 0.15) is 0 Å². The van der Waals surface area contributed by atoms with Crippen molar-refractivity contribution in [2.45, 2.75) is 53.0 Å². The molecule has 0 fully saturated rings. The third kappa shape index (κ3) is 4.39. The van der Waals surface area contributed by atoms with Gasteiger partial charge in [-0.2, -0.15) is 0 Å². The van der Waals surface area contributed by atoms with E-state index in [9.17, 15) is 0 Å². The van der Waals surface area contributed by atoms with Gasteiger partial charge in [0.15, 0.2) is 0 Å². The largest absolute Gasteiger partial charge is 0.385 e. The molecule has 0 radical (unpaired) electrons. The molecule has 1 aromatic carbocycles. The molecule has 3 N–H and O–H groups in total. The molecule has 96 valence electrons. The predicted molar refractivity (Wildman–Crippen MR) is 76.6 cm³/mol. The zero-order valence-corrected chi connectivity index (χ0v) is 11.9. The first kappa shape index (κ1) is 14.0. The van der Waals surface area contributed by atoms with Crippen LogP contribution in [-0.2, 0) is 0 Å². The topological polar surface area (TPSA) is 38.0 Å². The number of aryl methyl sites for hydroxylation is 1. The van der Waals surface area contributed by atoms with Gasteiger partial charge in [-0.15, -0.1) is 0 Å². The minimum atomic E-state index is -0.0556. The Labute approximate surface area is 106 Å². The molecule has 0 spiro atoms. The average Bonchev–Trinajstić information content (AvgIpc) is 2.22. The van der Waals surface area contributed by atoms with Gasteiger partial charge in [-0.25, -0.2) is 0 Å². The van der Waals surface area contributed by atoms with Crippen LogP contribution in [0.3, 0.4) is 0 Å². The average molecular weight is 234 g/mol. The number of benzene rings is 1. The van der Waals surface area contributed by atoms with Crippen LogP contribution in [0.1, 0.15) is 43.4 Å². The summed E-state index contributed by atoms with van der Waals surface area (Å²) in [5, 5.41) is 3.50. The van der Waals surface area contributed by atoms with Crippen LogP contribution in [0.5, 0.6) is 0 Å². The van der Waals surface area contributed by atoms with Gasteiger partial charge >= 0.3 is 0 Å². The van der Waals surface area contributed by atoms with Gasteiger partial charge in [0.25, 0.3) is 0 Å². The molecule has 1 rings (SSSR count). The van der Waals surface area contributed by atoms with Gasteiger partial charge in [0.05, 0.1) is 0 Å². The number of hydrogen-bond donors (Lipinski definition) is 2. The lowest BCUT2D eigenvalue weighted by Crippen LogP contribution is -2.32. The Bertz CT molecular complexity index is 375. The molecule has 0 aliphatic carbocycles. The first-order valence-corrected chi connectivity index (χ1v) is 6.41. The molecule has 0 atom stereocenters. The van der Waals surface area contributed by atoms with Gasteiger partial charge in [-0.1, -0.05) is 6.07 Å². The first-order valence-electron chi connectivity index (χ1n) is 6.41. The Morgan fingerprint density at radius 2 is 1.76 bits per heavy atom. The van der Waals surface area contributed by atoms with Gasteiger partial charge in [0, 0.05) is 17.8 Å². The summed E-state index contributed by atoms with van der Waals surface area (Å²) in [6.07, 6.45) is 2.15. The molecule has 2 heteroatoms. The number of hydrogen-bond acceptors (Lipinski definition) is 2. The third-order valence-corrected chi connectivity index (χ3v) is 3.37. The van der Waals surface area contributed by atoms with Crippen molar-refractivity contribution < 1.29 is 0 Å². The number of rotatable bonds is 5. The fourth-order valence-corrected chi connectivity index (χ4v) is 1.91. The van der Waals surface area contributed by atoms with Crippen molar-refractivity contribution in [3.8, 4) is 0 Å². The Kier molecular flexibility index (Phi) is 4.58. The van der Waals surface area contributed by atoms with E-state index in [-0.39, 0.29) is 5.54 Å². The quantitative estimate of drug-likeness (QED) is 0.765. The van der Waals surface area contributed by atoms with Crippen LogP contribution < -0.4 is 11.1 Å². The second kappa shape index (κ2) is 5.54. The normalized spacial score (nSPS) is 11.6. The van der Waals surface area contributed by atoms with Crippen LogP contribution in [0.2, 0.25) is 0 Å². The Balaban J connectivity index is 2.51. The molecular formula is C15H26N2. The van der Waals surface area contributed by atoms with Crippen molar-refractivity contribution in [1.82, 2.24) is 0 Å². The molecular weight excluding hydrogens is 208 g/mol. The van der Waals surface area contributed by atoms with E-state index in [0.717, 1.165) is 19.4 Å². The van der Waals surface area contributed by atoms with Crippen LogP contribution in [-0.4, -0.2) is 12.1 Å². The molecule has 0 bridgehead atoms. The number of anilines is 1. The SMILES string of the molecule is Cc1ccc(NCCCC(C)(C)N)c(C)c1C. The van der Waals surface area contributed by atoms with E-state index in [2.05, 4.69) is 52.1 Å². The Morgan fingerprint density at radius 3 is 2.35 bits per heavy atom. The molecule has 0 aliphatic heterocycles. The summed E-state index contributed by atoms with van der Waals surface area (Å²) in [5.41, 5.74) is 11.3. The maximum Gasteiger partial charge on any atom is 0.0372 e. The number of nitrogens with two attached hydrogens (primary N) is 1. The van der Waals surface area contributed by atoms with Crippen molar-refractivity contribution in [1.29, 1.82) is 0 Å². The van der Waals surface area contributed by atoms with E-state index in [0.29, 0.717) is 0 Å². The zero-order chi connectivity index (χ0) is 13.1. The van der Waals surface area contributed by atoms with Gasteiger partial charge in [0.2, 0.25) is 0 Å². The summed E-state index contributed by atoms with van der Waals surface area (Å²) < 4.78 is 0. The van der Waals surface area contributed by atoms with E-state index in [1.165, 1.54) is 22.4 Å². The monoisotopic (exact) mass is 234 g/mol. The molecule has 17 heavy (non-hydrogen) atoms. The highest BCUT2D eigenvalue weighted by atomic mass is 14.9. The minimum Gasteiger partial charge on any atom is -0.385 e. The fourth-order valence-electron chi connectivity index (χ4n) is 1.91. The lowest BCUT2D eigenvalue weighted by Gasteiger charge is -2.19. The molecule has 0 saturated carbocycles. The Hall–Kier alpha value is -1.02. The van der Waals surface area contributed by atoms with Crippen LogP contribution in [0, 0.1) is 20.8 Å². The van der Waals surface area contributed by atoms with Crippen molar-refractivity contribution in [3.05, 3.63) is 28.8 Å². The molecule has 0 unspecified atom stereocenters. The van der Waals surface area contributed by atoms with Crippen molar-refractivity contribution in [2.75, 3.05) is 11.9 Å². The predicted octanol–water partition coefficient (Wildman–Crippen LogP) is 3.54. The standard InChI is InChI=1S/C15H26N2/c1-11-7-8-14(13(3)12(11)2)17-10-6-9-15(4,5)16/h7-8,17H,6,9-10,16H2,1-5H3. The van der Waals surface area contributed by atoms with Crippen LogP contribution in [0.15, 0.2) is 12.1 Å². The summed E-state index contributed by atoms with van der Waals surface area (Å²) in [6.45, 7) is 11.7. The maximum absolute atomic E-state index is 5.96. The molecule has 0 aliphatic rings. The van der Waals surface area contributed by atoms with E-state index in [1.807, 2.05) is 0 Å². The zero-order valence-electron chi connectivity index (χ0n) is 11.9. The van der Waals surface area contributed by atoms with E-state index in [1.54, 1.807) is 0 Å². The first-order chi connectivity index (χ1) is 7.81. The summed E-state index contributed by atoms with van der Waals surface area (Å²) in [5.74, 6) is 0. The minimum absolute atomic E-state index is 0.0556. The van der Waals surface area contributed by atoms with Crippen LogP contribution in [0.25, 0.3) is 0 Å². The lowest BCUT2D eigenvalue weighted by atomic mass is 10.00. The number of nitrogens with one attached hydrogen (secondary N) is 1. The van der Waals surface area contributed by atoms with Crippen molar-refractivity contribution in [3.63, 3.8) is 0 Å². The molecule has 0 saturated heterocycles. The molecule has 0 aromatic heterocycles. The second-order valence-corrected chi connectivity index (χ2v) is 5.70. The van der Waals surface area contributed by atoms with Gasteiger partial charge in [-0.3, -0.25) is 0 Å². The fraction of sp³-hybridized carbons (Fsp3) is 0.600. The maximum atomic E-state index is 5.96. The molecule has 2 nitrogen and oxygen atoms in total. The van der Waals surface area contributed by atoms with E-state index in [4.69, 9.17) is 5.73 Å². The van der Waals surface area contributed by atoms with Gasteiger partial charge < -0.3 is 11.1 Å². The van der Waals surface area contributed by atoms with E-state index < -0.39 is 0 Å². The third-order valence-electron chi connectivity index (χ3n) is 3.37. The molecule has 0 heterocycles. The van der Waals surface area contributed by atoms with Crippen LogP contribution in [0.4, 0.5) is 5.69 Å². The van der Waals surface area contributed by atoms with Crippen molar-refractivity contribution in [2.24, 2.45) is 5.73 Å². The van der Waals surface area contributed by atoms with Crippen LogP contribution >= 0.6 is 0 Å². The lowest BCUT2D eigenvalue weighted by molar-refractivity contribution is 0.465. The van der Waals surface area contributed by atoms with E-state index >= 15 is 0 Å². The smallest absolute Gasteiger partial charge is 0.0372 e. The van der Waals surface area contributed by atoms with Gasteiger partial charge in [-0.05, 0) is 70.2 Å². The highest BCUT2D eigenvalue weighted by Gasteiger charge is 2.09. The van der Waals surface area contributed by atoms with Crippen molar-refractivity contribution >= 4 is 5.69 Å². The Morgan fingerprint density at radius 1 is 1.12 bits per heavy atom. The summed E-state index contributed by atoms with van der Waals surface area (Å²) in [6, 6.07) is 4.35. The summed E-state index contributed by atoms with van der Waals surface area (Å²) >= 11 is 0. The summed E-state index contributed by atoms with van der Waals surface area (Å²) in [4.78, 5) is 0. The molecule has 1 aromatic rings. The molecule has 0 amide bonds. The second-order valence-electron chi connectivity index (χ2n) is 5.70. The highest BCUT2D eigenvalue weighted by molar-refractivity contribution is 5.55. The highest BCUT2D eigenvalue weighted by Crippen LogP contribution is 2.21.